The summed E-state index contributed by atoms with van der Waals surface area (Å²) in [6, 6.07) is 14.4. The highest BCUT2D eigenvalue weighted by Crippen LogP contribution is 2.13. The molecule has 0 aliphatic carbocycles. The average molecular weight is 379 g/mol. The lowest BCUT2D eigenvalue weighted by atomic mass is 10.2. The smallest absolute Gasteiger partial charge is 0.280 e. The second kappa shape index (κ2) is 7.70. The normalized spacial score (nSPS) is 11.3. The van der Waals surface area contributed by atoms with Crippen molar-refractivity contribution in [1.82, 2.24) is 15.2 Å². The number of aryl methyl sites for hydroxylation is 1. The molecule has 1 amide bonds. The molecule has 0 aliphatic rings. The number of aromatic amines is 1. The highest BCUT2D eigenvalue weighted by Gasteiger charge is 2.16. The minimum Gasteiger partial charge on any atom is -0.295 e. The summed E-state index contributed by atoms with van der Waals surface area (Å²) in [5.74, 6) is -0.611. The van der Waals surface area contributed by atoms with Gasteiger partial charge in [0.1, 0.15) is 0 Å². The Morgan fingerprint density at radius 2 is 1.89 bits per heavy atom. The third kappa shape index (κ3) is 3.73. The summed E-state index contributed by atoms with van der Waals surface area (Å²) in [6.45, 7) is 3.33. The van der Waals surface area contributed by atoms with Gasteiger partial charge in [-0.05, 0) is 32.0 Å². The van der Waals surface area contributed by atoms with Crippen LogP contribution < -0.4 is 11.0 Å². The van der Waals surface area contributed by atoms with Crippen LogP contribution in [0.1, 0.15) is 28.5 Å². The molecule has 2 aromatic carbocycles. The number of amides is 1. The van der Waals surface area contributed by atoms with Crippen LogP contribution in [0.2, 0.25) is 0 Å². The number of nitrogens with one attached hydrogen (secondary N) is 2. The minimum atomic E-state index is -0.611. The molecule has 1 heterocycles. The molecule has 28 heavy (non-hydrogen) atoms. The van der Waals surface area contributed by atoms with Gasteiger partial charge in [-0.1, -0.05) is 24.3 Å². The Morgan fingerprint density at radius 1 is 1.18 bits per heavy atom. The summed E-state index contributed by atoms with van der Waals surface area (Å²) in [5, 5.41) is 17.8. The van der Waals surface area contributed by atoms with Crippen molar-refractivity contribution in [2.24, 2.45) is 5.10 Å². The van der Waals surface area contributed by atoms with Gasteiger partial charge in [-0.3, -0.25) is 24.8 Å². The van der Waals surface area contributed by atoms with Gasteiger partial charge in [0.2, 0.25) is 0 Å². The van der Waals surface area contributed by atoms with E-state index in [1.54, 1.807) is 26.0 Å². The Morgan fingerprint density at radius 3 is 2.57 bits per heavy atom. The lowest BCUT2D eigenvalue weighted by molar-refractivity contribution is -0.384. The number of carbonyl (C=O) groups is 1. The quantitative estimate of drug-likeness (QED) is 0.402. The molecule has 0 spiro atoms. The molecule has 142 valence electrons. The van der Waals surface area contributed by atoms with Crippen molar-refractivity contribution in [3.8, 4) is 5.69 Å². The maximum Gasteiger partial charge on any atom is 0.280 e. The van der Waals surface area contributed by atoms with E-state index in [4.69, 9.17) is 0 Å². The van der Waals surface area contributed by atoms with E-state index in [1.165, 1.54) is 22.9 Å². The van der Waals surface area contributed by atoms with Crippen molar-refractivity contribution >= 4 is 17.3 Å². The number of H-pyrrole nitrogens is 1. The van der Waals surface area contributed by atoms with E-state index in [1.807, 2.05) is 18.2 Å². The number of carbonyl (C=O) groups excluding carboxylic acids is 1. The van der Waals surface area contributed by atoms with Crippen LogP contribution in [0.5, 0.6) is 0 Å². The molecule has 0 atom stereocenters. The summed E-state index contributed by atoms with van der Waals surface area (Å²) >= 11 is 0. The van der Waals surface area contributed by atoms with Crippen molar-refractivity contribution in [2.45, 2.75) is 13.8 Å². The number of para-hydroxylation sites is 1. The second-order valence-corrected chi connectivity index (χ2v) is 6.03. The molecular formula is C19H17N5O4. The number of non-ortho nitro benzene ring substituents is 1. The number of nitro benzene ring substituents is 1. The van der Waals surface area contributed by atoms with Gasteiger partial charge in [0, 0.05) is 23.4 Å². The number of aromatic nitrogens is 2. The van der Waals surface area contributed by atoms with Gasteiger partial charge in [0.25, 0.3) is 17.2 Å². The SMILES string of the molecule is C/C(=N/NC(=O)c1cccc([N+](=O)[O-])c1)c1c(C)[nH]n(-c2ccccc2)c1=O. The number of hydrogen-bond donors (Lipinski definition) is 2. The lowest BCUT2D eigenvalue weighted by Gasteiger charge is -2.02. The standard InChI is InChI=1S/C19H17N5O4/c1-12(20-21-18(25)14-7-6-10-16(11-14)24(27)28)17-13(2)22-23(19(17)26)15-8-4-3-5-9-15/h3-11,22H,1-2H3,(H,21,25)/b20-12-. The van der Waals surface area contributed by atoms with Crippen LogP contribution in [0, 0.1) is 17.0 Å². The summed E-state index contributed by atoms with van der Waals surface area (Å²) in [7, 11) is 0. The maximum atomic E-state index is 12.7. The van der Waals surface area contributed by atoms with E-state index in [0.717, 1.165) is 6.07 Å². The molecule has 0 bridgehead atoms. The number of rotatable bonds is 5. The Balaban J connectivity index is 1.86. The first kappa shape index (κ1) is 18.8. The van der Waals surface area contributed by atoms with Crippen LogP contribution in [-0.2, 0) is 0 Å². The Hall–Kier alpha value is -4.01. The third-order valence-corrected chi connectivity index (χ3v) is 4.09. The predicted octanol–water partition coefficient (Wildman–Crippen LogP) is 2.54. The predicted molar refractivity (Wildman–Crippen MR) is 104 cm³/mol. The Bertz CT molecular complexity index is 1130. The molecule has 0 saturated heterocycles. The van der Waals surface area contributed by atoms with Crippen molar-refractivity contribution in [2.75, 3.05) is 0 Å². The van der Waals surface area contributed by atoms with Gasteiger partial charge in [-0.2, -0.15) is 5.10 Å². The lowest BCUT2D eigenvalue weighted by Crippen LogP contribution is -2.23. The van der Waals surface area contributed by atoms with E-state index in [-0.39, 0.29) is 16.8 Å². The topological polar surface area (TPSA) is 122 Å². The average Bonchev–Trinajstić information content (AvgIpc) is 3.00. The second-order valence-electron chi connectivity index (χ2n) is 6.03. The van der Waals surface area contributed by atoms with E-state index in [9.17, 15) is 19.7 Å². The number of nitrogens with zero attached hydrogens (tertiary/aromatic N) is 3. The van der Waals surface area contributed by atoms with Crippen molar-refractivity contribution in [3.63, 3.8) is 0 Å². The number of hydrogen-bond acceptors (Lipinski definition) is 5. The first-order valence-corrected chi connectivity index (χ1v) is 8.35. The summed E-state index contributed by atoms with van der Waals surface area (Å²) in [6.07, 6.45) is 0. The molecule has 1 aromatic heterocycles. The van der Waals surface area contributed by atoms with Crippen molar-refractivity contribution < 1.29 is 9.72 Å². The number of nitro groups is 1. The van der Waals surface area contributed by atoms with Gasteiger partial charge < -0.3 is 0 Å². The highest BCUT2D eigenvalue weighted by molar-refractivity contribution is 6.01. The van der Waals surface area contributed by atoms with Gasteiger partial charge in [-0.15, -0.1) is 0 Å². The number of benzene rings is 2. The largest absolute Gasteiger partial charge is 0.295 e. The highest BCUT2D eigenvalue weighted by atomic mass is 16.6. The third-order valence-electron chi connectivity index (χ3n) is 4.09. The van der Waals surface area contributed by atoms with Gasteiger partial charge in [0.05, 0.1) is 21.9 Å². The van der Waals surface area contributed by atoms with E-state index in [0.29, 0.717) is 22.7 Å². The van der Waals surface area contributed by atoms with Crippen LogP contribution in [0.15, 0.2) is 64.5 Å². The molecular weight excluding hydrogens is 362 g/mol. The zero-order valence-corrected chi connectivity index (χ0v) is 15.2. The van der Waals surface area contributed by atoms with Crippen LogP contribution in [0.25, 0.3) is 5.69 Å². The Labute approximate surface area is 159 Å². The molecule has 2 N–H and O–H groups in total. The fourth-order valence-electron chi connectivity index (χ4n) is 2.75. The fraction of sp³-hybridized carbons (Fsp3) is 0.105. The molecule has 9 nitrogen and oxygen atoms in total. The van der Waals surface area contributed by atoms with Crippen LogP contribution in [0.3, 0.4) is 0 Å². The maximum absolute atomic E-state index is 12.7. The monoisotopic (exact) mass is 379 g/mol. The molecule has 3 aromatic rings. The zero-order valence-electron chi connectivity index (χ0n) is 15.2. The first-order chi connectivity index (χ1) is 13.4. The van der Waals surface area contributed by atoms with Crippen LogP contribution in [-0.4, -0.2) is 26.3 Å². The molecule has 0 aliphatic heterocycles. The summed E-state index contributed by atoms with van der Waals surface area (Å²) in [5.41, 5.74) is 3.86. The molecule has 0 unspecified atom stereocenters. The van der Waals surface area contributed by atoms with Gasteiger partial charge in [-0.25, -0.2) is 10.1 Å². The van der Waals surface area contributed by atoms with Crippen molar-refractivity contribution in [1.29, 1.82) is 0 Å². The fourth-order valence-corrected chi connectivity index (χ4v) is 2.75. The van der Waals surface area contributed by atoms with Crippen molar-refractivity contribution in [3.05, 3.63) is 91.9 Å². The summed E-state index contributed by atoms with van der Waals surface area (Å²) < 4.78 is 1.39. The van der Waals surface area contributed by atoms with Gasteiger partial charge >= 0.3 is 0 Å². The van der Waals surface area contributed by atoms with E-state index >= 15 is 0 Å². The molecule has 3 rings (SSSR count). The van der Waals surface area contributed by atoms with Crippen LogP contribution in [0.4, 0.5) is 5.69 Å². The van der Waals surface area contributed by atoms with E-state index < -0.39 is 10.8 Å². The summed E-state index contributed by atoms with van der Waals surface area (Å²) in [4.78, 5) is 35.2. The van der Waals surface area contributed by atoms with Crippen LogP contribution >= 0.6 is 0 Å². The first-order valence-electron chi connectivity index (χ1n) is 8.35. The molecule has 0 fully saturated rings. The minimum absolute atomic E-state index is 0.0956. The molecule has 0 radical (unpaired) electrons. The van der Waals surface area contributed by atoms with Gasteiger partial charge in [0.15, 0.2) is 0 Å². The van der Waals surface area contributed by atoms with E-state index in [2.05, 4.69) is 15.6 Å². The Kier molecular flexibility index (Phi) is 5.16. The molecule has 9 heteroatoms. The zero-order chi connectivity index (χ0) is 20.3. The molecule has 0 saturated carbocycles. The number of hydrazone groups is 1.